The number of H-pyrrole nitrogens is 1. The molecule has 1 aliphatic rings. The SMILES string of the molecule is CC(C)=CCNC(=O)c1n[nH]c(C2CC2)n1. The number of hydrogen-bond acceptors (Lipinski definition) is 3. The second-order valence-corrected chi connectivity index (χ2v) is 4.31. The van der Waals surface area contributed by atoms with Crippen LogP contribution in [0, 0.1) is 0 Å². The largest absolute Gasteiger partial charge is 0.346 e. The molecule has 1 aromatic heterocycles. The molecule has 1 fully saturated rings. The van der Waals surface area contributed by atoms with Gasteiger partial charge >= 0.3 is 0 Å². The number of nitrogens with one attached hydrogen (secondary N) is 2. The van der Waals surface area contributed by atoms with Crippen molar-refractivity contribution in [2.45, 2.75) is 32.6 Å². The van der Waals surface area contributed by atoms with Crippen LogP contribution in [-0.4, -0.2) is 27.6 Å². The zero-order chi connectivity index (χ0) is 11.5. The van der Waals surface area contributed by atoms with Crippen LogP contribution in [-0.2, 0) is 0 Å². The normalized spacial score (nSPS) is 14.6. The van der Waals surface area contributed by atoms with Crippen LogP contribution >= 0.6 is 0 Å². The molecule has 5 nitrogen and oxygen atoms in total. The van der Waals surface area contributed by atoms with Gasteiger partial charge in [0.2, 0.25) is 5.82 Å². The molecule has 5 heteroatoms. The number of rotatable bonds is 4. The number of carbonyl (C=O) groups is 1. The van der Waals surface area contributed by atoms with Crippen molar-refractivity contribution in [3.05, 3.63) is 23.3 Å². The zero-order valence-corrected chi connectivity index (χ0v) is 9.58. The van der Waals surface area contributed by atoms with Gasteiger partial charge in [-0.05, 0) is 26.7 Å². The molecule has 0 spiro atoms. The summed E-state index contributed by atoms with van der Waals surface area (Å²) in [4.78, 5) is 15.8. The monoisotopic (exact) mass is 220 g/mol. The molecule has 0 unspecified atom stereocenters. The Bertz CT molecular complexity index is 413. The van der Waals surface area contributed by atoms with Crippen LogP contribution in [0.4, 0.5) is 0 Å². The smallest absolute Gasteiger partial charge is 0.291 e. The number of nitrogens with zero attached hydrogens (tertiary/aromatic N) is 2. The third kappa shape index (κ3) is 2.68. The highest BCUT2D eigenvalue weighted by molar-refractivity contribution is 5.90. The number of hydrogen-bond donors (Lipinski definition) is 2. The van der Waals surface area contributed by atoms with E-state index in [4.69, 9.17) is 0 Å². The average Bonchev–Trinajstić information content (AvgIpc) is 2.96. The van der Waals surface area contributed by atoms with Gasteiger partial charge in [0, 0.05) is 12.5 Å². The van der Waals surface area contributed by atoms with Gasteiger partial charge in [-0.15, -0.1) is 5.10 Å². The minimum atomic E-state index is -0.222. The first-order valence-corrected chi connectivity index (χ1v) is 5.50. The predicted molar refractivity (Wildman–Crippen MR) is 60.1 cm³/mol. The van der Waals surface area contributed by atoms with E-state index in [0.29, 0.717) is 12.5 Å². The fraction of sp³-hybridized carbons (Fsp3) is 0.545. The molecule has 0 aromatic carbocycles. The Morgan fingerprint density at radius 1 is 1.56 bits per heavy atom. The Labute approximate surface area is 94.3 Å². The molecule has 2 N–H and O–H groups in total. The summed E-state index contributed by atoms with van der Waals surface area (Å²) in [5.74, 6) is 1.35. The quantitative estimate of drug-likeness (QED) is 0.753. The maximum atomic E-state index is 11.6. The summed E-state index contributed by atoms with van der Waals surface area (Å²) in [5.41, 5.74) is 1.17. The Hall–Kier alpha value is -1.65. The summed E-state index contributed by atoms with van der Waals surface area (Å²) >= 11 is 0. The van der Waals surface area contributed by atoms with Gasteiger partial charge in [0.05, 0.1) is 0 Å². The second kappa shape index (κ2) is 4.47. The summed E-state index contributed by atoms with van der Waals surface area (Å²) in [7, 11) is 0. The number of allylic oxidation sites excluding steroid dienone is 1. The van der Waals surface area contributed by atoms with Gasteiger partial charge in [-0.1, -0.05) is 11.6 Å². The van der Waals surface area contributed by atoms with Gasteiger partial charge in [0.25, 0.3) is 5.91 Å². The van der Waals surface area contributed by atoms with E-state index in [1.54, 1.807) is 0 Å². The van der Waals surface area contributed by atoms with E-state index in [2.05, 4.69) is 20.5 Å². The minimum Gasteiger partial charge on any atom is -0.346 e. The van der Waals surface area contributed by atoms with Crippen molar-refractivity contribution in [1.29, 1.82) is 0 Å². The van der Waals surface area contributed by atoms with Crippen LogP contribution < -0.4 is 5.32 Å². The predicted octanol–water partition coefficient (Wildman–Crippen LogP) is 1.38. The molecule has 0 bridgehead atoms. The lowest BCUT2D eigenvalue weighted by molar-refractivity contribution is 0.0948. The highest BCUT2D eigenvalue weighted by Gasteiger charge is 2.27. The number of aromatic amines is 1. The molecule has 2 rings (SSSR count). The fourth-order valence-electron chi connectivity index (χ4n) is 1.34. The van der Waals surface area contributed by atoms with Crippen LogP contribution in [0.1, 0.15) is 49.1 Å². The van der Waals surface area contributed by atoms with Crippen molar-refractivity contribution >= 4 is 5.91 Å². The second-order valence-electron chi connectivity index (χ2n) is 4.31. The maximum Gasteiger partial charge on any atom is 0.291 e. The molecule has 0 radical (unpaired) electrons. The van der Waals surface area contributed by atoms with Crippen LogP contribution in [0.5, 0.6) is 0 Å². The Balaban J connectivity index is 1.90. The van der Waals surface area contributed by atoms with Gasteiger partial charge < -0.3 is 5.32 Å². The van der Waals surface area contributed by atoms with Gasteiger partial charge in [-0.25, -0.2) is 4.98 Å². The molecule has 0 atom stereocenters. The Morgan fingerprint density at radius 2 is 2.31 bits per heavy atom. The summed E-state index contributed by atoms with van der Waals surface area (Å²) in [6.45, 7) is 4.50. The van der Waals surface area contributed by atoms with Crippen molar-refractivity contribution in [3.63, 3.8) is 0 Å². The van der Waals surface area contributed by atoms with E-state index in [1.807, 2.05) is 19.9 Å². The highest BCUT2D eigenvalue weighted by Crippen LogP contribution is 2.37. The molecule has 1 aliphatic carbocycles. The average molecular weight is 220 g/mol. The Morgan fingerprint density at radius 3 is 2.94 bits per heavy atom. The molecule has 1 aromatic rings. The number of carbonyl (C=O) groups excluding carboxylic acids is 1. The first-order chi connectivity index (χ1) is 7.66. The number of amides is 1. The first-order valence-electron chi connectivity index (χ1n) is 5.50. The van der Waals surface area contributed by atoms with Crippen LogP contribution in [0.25, 0.3) is 0 Å². The third-order valence-electron chi connectivity index (χ3n) is 2.44. The van der Waals surface area contributed by atoms with Gasteiger partial charge in [-0.2, -0.15) is 0 Å². The van der Waals surface area contributed by atoms with E-state index in [9.17, 15) is 4.79 Å². The molecule has 1 saturated carbocycles. The molecule has 1 amide bonds. The lowest BCUT2D eigenvalue weighted by Gasteiger charge is -1.97. The summed E-state index contributed by atoms with van der Waals surface area (Å²) in [6, 6.07) is 0. The van der Waals surface area contributed by atoms with Crippen molar-refractivity contribution in [1.82, 2.24) is 20.5 Å². The topological polar surface area (TPSA) is 70.7 Å². The lowest BCUT2D eigenvalue weighted by Crippen LogP contribution is -2.24. The zero-order valence-electron chi connectivity index (χ0n) is 9.58. The number of aromatic nitrogens is 3. The van der Waals surface area contributed by atoms with Crippen LogP contribution in [0.3, 0.4) is 0 Å². The van der Waals surface area contributed by atoms with Crippen molar-refractivity contribution in [3.8, 4) is 0 Å². The lowest BCUT2D eigenvalue weighted by atomic mass is 10.3. The third-order valence-corrected chi connectivity index (χ3v) is 2.44. The Kier molecular flexibility index (Phi) is 3.03. The summed E-state index contributed by atoms with van der Waals surface area (Å²) in [5, 5.41) is 9.46. The highest BCUT2D eigenvalue weighted by atomic mass is 16.2. The molecule has 1 heterocycles. The molecule has 0 saturated heterocycles. The van der Waals surface area contributed by atoms with E-state index < -0.39 is 0 Å². The molecule has 0 aliphatic heterocycles. The van der Waals surface area contributed by atoms with E-state index in [-0.39, 0.29) is 11.7 Å². The first kappa shape index (κ1) is 10.9. The molecular weight excluding hydrogens is 204 g/mol. The van der Waals surface area contributed by atoms with Gasteiger partial charge in [0.15, 0.2) is 0 Å². The standard InChI is InChI=1S/C11H16N4O/c1-7(2)5-6-12-11(16)10-13-9(14-15-10)8-3-4-8/h5,8H,3-4,6H2,1-2H3,(H,12,16)(H,13,14,15). The van der Waals surface area contributed by atoms with Crippen molar-refractivity contribution in [2.75, 3.05) is 6.54 Å². The van der Waals surface area contributed by atoms with E-state index in [1.165, 1.54) is 5.57 Å². The minimum absolute atomic E-state index is 0.222. The van der Waals surface area contributed by atoms with Gasteiger partial charge in [0.1, 0.15) is 5.82 Å². The van der Waals surface area contributed by atoms with E-state index >= 15 is 0 Å². The summed E-state index contributed by atoms with van der Waals surface area (Å²) in [6.07, 6.45) is 4.24. The van der Waals surface area contributed by atoms with Crippen molar-refractivity contribution < 1.29 is 4.79 Å². The van der Waals surface area contributed by atoms with Crippen LogP contribution in [0.15, 0.2) is 11.6 Å². The maximum absolute atomic E-state index is 11.6. The summed E-state index contributed by atoms with van der Waals surface area (Å²) < 4.78 is 0. The fourth-order valence-corrected chi connectivity index (χ4v) is 1.34. The van der Waals surface area contributed by atoms with Crippen LogP contribution in [0.2, 0.25) is 0 Å². The van der Waals surface area contributed by atoms with Crippen molar-refractivity contribution in [2.24, 2.45) is 0 Å². The van der Waals surface area contributed by atoms with E-state index in [0.717, 1.165) is 18.7 Å². The molecule has 86 valence electrons. The molecule has 16 heavy (non-hydrogen) atoms. The van der Waals surface area contributed by atoms with Gasteiger partial charge in [-0.3, -0.25) is 9.89 Å². The molecular formula is C11H16N4O.